The highest BCUT2D eigenvalue weighted by molar-refractivity contribution is 7.22. The number of nitrogens with one attached hydrogen (secondary N) is 1. The Morgan fingerprint density at radius 3 is 2.70 bits per heavy atom. The van der Waals surface area contributed by atoms with E-state index in [4.69, 9.17) is 5.73 Å². The van der Waals surface area contributed by atoms with Crippen molar-refractivity contribution >= 4 is 38.1 Å². The van der Waals surface area contributed by atoms with Crippen LogP contribution in [-0.4, -0.2) is 4.98 Å². The lowest BCUT2D eigenvalue weighted by molar-refractivity contribution is 0.922. The van der Waals surface area contributed by atoms with Crippen molar-refractivity contribution in [1.82, 2.24) is 4.98 Å². The van der Waals surface area contributed by atoms with Crippen molar-refractivity contribution in [2.24, 2.45) is 0 Å². The van der Waals surface area contributed by atoms with E-state index < -0.39 is 0 Å². The second-order valence-corrected chi connectivity index (χ2v) is 5.85. The number of nitrogens with zero attached hydrogens (tertiary/aromatic N) is 1. The van der Waals surface area contributed by atoms with Gasteiger partial charge in [-0.1, -0.05) is 36.8 Å². The van der Waals surface area contributed by atoms with Crippen molar-refractivity contribution < 1.29 is 0 Å². The van der Waals surface area contributed by atoms with Crippen LogP contribution in [0.15, 0.2) is 42.5 Å². The second-order valence-electron chi connectivity index (χ2n) is 4.82. The van der Waals surface area contributed by atoms with Gasteiger partial charge in [0.15, 0.2) is 5.13 Å². The maximum absolute atomic E-state index is 5.79. The maximum atomic E-state index is 5.79. The number of nitrogens with two attached hydrogens (primary N) is 1. The van der Waals surface area contributed by atoms with E-state index >= 15 is 0 Å². The van der Waals surface area contributed by atoms with Gasteiger partial charge in [0.25, 0.3) is 0 Å². The van der Waals surface area contributed by atoms with Gasteiger partial charge in [-0.3, -0.25) is 0 Å². The summed E-state index contributed by atoms with van der Waals surface area (Å²) in [5.74, 6) is 0. The van der Waals surface area contributed by atoms with E-state index in [2.05, 4.69) is 41.5 Å². The van der Waals surface area contributed by atoms with Crippen molar-refractivity contribution in [3.05, 3.63) is 48.0 Å². The Balaban J connectivity index is 1.81. The second kappa shape index (κ2) is 5.51. The zero-order chi connectivity index (χ0) is 13.9. The molecule has 0 saturated carbocycles. The molecule has 0 radical (unpaired) electrons. The lowest BCUT2D eigenvalue weighted by Gasteiger charge is -2.03. The van der Waals surface area contributed by atoms with Crippen LogP contribution in [0.3, 0.4) is 0 Å². The predicted octanol–water partition coefficient (Wildman–Crippen LogP) is 4.57. The number of rotatable bonds is 4. The van der Waals surface area contributed by atoms with E-state index in [1.54, 1.807) is 11.3 Å². The largest absolute Gasteiger partial charge is 0.399 e. The summed E-state index contributed by atoms with van der Waals surface area (Å²) in [6.07, 6.45) is 2.30. The molecular weight excluding hydrogens is 266 g/mol. The number of thiazole rings is 1. The summed E-state index contributed by atoms with van der Waals surface area (Å²) >= 11 is 1.62. The molecule has 0 atom stereocenters. The summed E-state index contributed by atoms with van der Waals surface area (Å²) < 4.78 is 1.11. The predicted molar refractivity (Wildman–Crippen MR) is 87.8 cm³/mol. The van der Waals surface area contributed by atoms with E-state index in [-0.39, 0.29) is 0 Å². The van der Waals surface area contributed by atoms with E-state index in [1.807, 2.05) is 18.2 Å². The van der Waals surface area contributed by atoms with Crippen LogP contribution in [-0.2, 0) is 6.42 Å². The van der Waals surface area contributed by atoms with Gasteiger partial charge in [-0.25, -0.2) is 4.98 Å². The molecule has 0 spiro atoms. The third-order valence-electron chi connectivity index (χ3n) is 3.16. The molecule has 3 aromatic rings. The van der Waals surface area contributed by atoms with Crippen LogP contribution in [0, 0.1) is 0 Å². The zero-order valence-corrected chi connectivity index (χ0v) is 12.2. The molecule has 0 amide bonds. The SMILES string of the molecule is CCCc1ccc(Nc2nc3ccc(N)cc3s2)cc1. The summed E-state index contributed by atoms with van der Waals surface area (Å²) in [4.78, 5) is 4.56. The van der Waals surface area contributed by atoms with E-state index in [0.29, 0.717) is 0 Å². The zero-order valence-electron chi connectivity index (χ0n) is 11.4. The molecule has 3 rings (SSSR count). The summed E-state index contributed by atoms with van der Waals surface area (Å²) in [5.41, 5.74) is 9.98. The van der Waals surface area contributed by atoms with Gasteiger partial charge in [-0.15, -0.1) is 0 Å². The van der Waals surface area contributed by atoms with E-state index in [1.165, 1.54) is 12.0 Å². The highest BCUT2D eigenvalue weighted by Gasteiger charge is 2.04. The normalized spacial score (nSPS) is 10.8. The van der Waals surface area contributed by atoms with Gasteiger partial charge in [0.2, 0.25) is 0 Å². The minimum Gasteiger partial charge on any atom is -0.399 e. The first-order valence-corrected chi connectivity index (χ1v) is 7.58. The van der Waals surface area contributed by atoms with Crippen LogP contribution in [0.25, 0.3) is 10.2 Å². The van der Waals surface area contributed by atoms with Crippen molar-refractivity contribution in [3.8, 4) is 0 Å². The van der Waals surface area contributed by atoms with Gasteiger partial charge in [0, 0.05) is 11.4 Å². The lowest BCUT2D eigenvalue weighted by atomic mass is 10.1. The fourth-order valence-corrected chi connectivity index (χ4v) is 3.10. The molecule has 1 aromatic heterocycles. The fraction of sp³-hybridized carbons (Fsp3) is 0.188. The number of nitrogen functional groups attached to an aromatic ring is 1. The van der Waals surface area contributed by atoms with Crippen molar-refractivity contribution in [1.29, 1.82) is 0 Å². The molecule has 0 unspecified atom stereocenters. The minimum atomic E-state index is 0.775. The van der Waals surface area contributed by atoms with Crippen LogP contribution in [0.4, 0.5) is 16.5 Å². The Morgan fingerprint density at radius 1 is 1.15 bits per heavy atom. The van der Waals surface area contributed by atoms with Crippen molar-refractivity contribution in [2.75, 3.05) is 11.1 Å². The molecule has 20 heavy (non-hydrogen) atoms. The highest BCUT2D eigenvalue weighted by atomic mass is 32.1. The van der Waals surface area contributed by atoms with Gasteiger partial charge in [0.1, 0.15) is 0 Å². The molecule has 3 N–H and O–H groups in total. The smallest absolute Gasteiger partial charge is 0.188 e. The topological polar surface area (TPSA) is 50.9 Å². The first-order chi connectivity index (χ1) is 9.74. The van der Waals surface area contributed by atoms with Crippen LogP contribution < -0.4 is 11.1 Å². The van der Waals surface area contributed by atoms with Gasteiger partial charge in [-0.05, 0) is 42.3 Å². The lowest BCUT2D eigenvalue weighted by Crippen LogP contribution is -1.90. The Kier molecular flexibility index (Phi) is 3.56. The molecule has 0 aliphatic heterocycles. The number of benzene rings is 2. The number of fused-ring (bicyclic) bond motifs is 1. The molecule has 1 heterocycles. The molecule has 0 fully saturated rings. The number of aromatic nitrogens is 1. The quantitative estimate of drug-likeness (QED) is 0.689. The third-order valence-corrected chi connectivity index (χ3v) is 4.09. The van der Waals surface area contributed by atoms with E-state index in [0.717, 1.165) is 33.1 Å². The molecule has 3 nitrogen and oxygen atoms in total. The Hall–Kier alpha value is -2.07. The van der Waals surface area contributed by atoms with Crippen LogP contribution in [0.2, 0.25) is 0 Å². The molecule has 0 aliphatic rings. The van der Waals surface area contributed by atoms with Gasteiger partial charge < -0.3 is 11.1 Å². The van der Waals surface area contributed by atoms with Crippen LogP contribution in [0.5, 0.6) is 0 Å². The molecule has 2 aromatic carbocycles. The Labute approximate surface area is 122 Å². The molecule has 4 heteroatoms. The number of anilines is 3. The van der Waals surface area contributed by atoms with Gasteiger partial charge in [-0.2, -0.15) is 0 Å². The summed E-state index contributed by atoms with van der Waals surface area (Å²) in [6.45, 7) is 2.19. The summed E-state index contributed by atoms with van der Waals surface area (Å²) in [5, 5.41) is 4.25. The standard InChI is InChI=1S/C16H17N3S/c1-2-3-11-4-7-13(8-5-11)18-16-19-14-9-6-12(17)10-15(14)20-16/h4-10H,2-3,17H2,1H3,(H,18,19). The maximum Gasteiger partial charge on any atom is 0.188 e. The molecule has 0 aliphatic carbocycles. The highest BCUT2D eigenvalue weighted by Crippen LogP contribution is 2.29. The van der Waals surface area contributed by atoms with Crippen LogP contribution in [0.1, 0.15) is 18.9 Å². The average molecular weight is 283 g/mol. The Morgan fingerprint density at radius 2 is 1.95 bits per heavy atom. The van der Waals surface area contributed by atoms with Gasteiger partial charge in [0.05, 0.1) is 10.2 Å². The average Bonchev–Trinajstić information content (AvgIpc) is 2.82. The monoisotopic (exact) mass is 283 g/mol. The molecule has 0 bridgehead atoms. The number of hydrogen-bond acceptors (Lipinski definition) is 4. The molecular formula is C16H17N3S. The van der Waals surface area contributed by atoms with Crippen molar-refractivity contribution in [2.45, 2.75) is 19.8 Å². The van der Waals surface area contributed by atoms with E-state index in [9.17, 15) is 0 Å². The minimum absolute atomic E-state index is 0.775. The molecule has 102 valence electrons. The fourth-order valence-electron chi connectivity index (χ4n) is 2.16. The summed E-state index contributed by atoms with van der Waals surface area (Å²) in [7, 11) is 0. The molecule has 0 saturated heterocycles. The van der Waals surface area contributed by atoms with Gasteiger partial charge >= 0.3 is 0 Å². The van der Waals surface area contributed by atoms with Crippen LogP contribution >= 0.6 is 11.3 Å². The summed E-state index contributed by atoms with van der Waals surface area (Å²) in [6, 6.07) is 14.3. The third kappa shape index (κ3) is 2.75. The Bertz CT molecular complexity index is 716. The first-order valence-electron chi connectivity index (χ1n) is 6.76. The number of hydrogen-bond donors (Lipinski definition) is 2. The van der Waals surface area contributed by atoms with Crippen molar-refractivity contribution in [3.63, 3.8) is 0 Å². The first kappa shape index (κ1) is 12.9. The number of aryl methyl sites for hydroxylation is 1.